The minimum Gasteiger partial charge on any atom is -0.349 e. The van der Waals surface area contributed by atoms with E-state index in [1.807, 2.05) is 0 Å². The van der Waals surface area contributed by atoms with Crippen molar-refractivity contribution in [2.24, 2.45) is 58.0 Å². The van der Waals surface area contributed by atoms with Crippen molar-refractivity contribution in [1.82, 2.24) is 0 Å². The molecular formula is C27H45NO2. The molecule has 2 aliphatic heterocycles. The summed E-state index contributed by atoms with van der Waals surface area (Å²) in [7, 11) is 0. The molecule has 0 bridgehead atoms. The number of fused-ring (bicyclic) bond motifs is 7. The molecule has 1 spiro atoms. The molecule has 4 aliphatic carbocycles. The van der Waals surface area contributed by atoms with E-state index in [2.05, 4.69) is 27.7 Å². The van der Waals surface area contributed by atoms with Crippen LogP contribution < -0.4 is 5.73 Å². The Bertz CT molecular complexity index is 686. The third-order valence-electron chi connectivity index (χ3n) is 12.0. The van der Waals surface area contributed by atoms with Crippen molar-refractivity contribution in [3.8, 4) is 0 Å². The Labute approximate surface area is 184 Å². The molecular weight excluding hydrogens is 370 g/mol. The van der Waals surface area contributed by atoms with Crippen LogP contribution in [0.15, 0.2) is 0 Å². The zero-order valence-electron chi connectivity index (χ0n) is 19.9. The maximum Gasteiger partial charge on any atom is 0.171 e. The van der Waals surface area contributed by atoms with Crippen LogP contribution in [0.2, 0.25) is 0 Å². The Morgan fingerprint density at radius 1 is 0.833 bits per heavy atom. The van der Waals surface area contributed by atoms with Gasteiger partial charge in [0.25, 0.3) is 0 Å². The highest BCUT2D eigenvalue weighted by atomic mass is 16.7. The Morgan fingerprint density at radius 2 is 1.63 bits per heavy atom. The largest absolute Gasteiger partial charge is 0.349 e. The smallest absolute Gasteiger partial charge is 0.171 e. The highest BCUT2D eigenvalue weighted by Crippen LogP contribution is 2.71. The molecule has 3 nitrogen and oxygen atoms in total. The molecule has 0 radical (unpaired) electrons. The van der Waals surface area contributed by atoms with Gasteiger partial charge in [-0.05, 0) is 104 Å². The molecule has 0 aromatic heterocycles. The van der Waals surface area contributed by atoms with Crippen molar-refractivity contribution >= 4 is 0 Å². The normalized spacial score (nSPS) is 62.5. The van der Waals surface area contributed by atoms with Gasteiger partial charge in [-0.1, -0.05) is 27.7 Å². The van der Waals surface area contributed by atoms with Gasteiger partial charge in [0.15, 0.2) is 5.79 Å². The Morgan fingerprint density at radius 3 is 2.40 bits per heavy atom. The summed E-state index contributed by atoms with van der Waals surface area (Å²) < 4.78 is 13.4. The quantitative estimate of drug-likeness (QED) is 0.547. The summed E-state index contributed by atoms with van der Waals surface area (Å²) in [5.74, 6) is 5.25. The summed E-state index contributed by atoms with van der Waals surface area (Å²) in [4.78, 5) is 0. The second-order valence-electron chi connectivity index (χ2n) is 13.2. The zero-order valence-corrected chi connectivity index (χ0v) is 19.9. The van der Waals surface area contributed by atoms with E-state index in [1.54, 1.807) is 0 Å². The average molecular weight is 416 g/mol. The van der Waals surface area contributed by atoms with Crippen molar-refractivity contribution in [3.63, 3.8) is 0 Å². The SMILES string of the molecule is C[C@H]1CC[C@@]2(OC1)O[C@H]1C[C@H]3[C@@H]4CC[C@@H]5C[C@H](N)CC[C@]5(C)[C@H]4CC[C@]3(C)[C@H]1[C@@H]2C. The van der Waals surface area contributed by atoms with Gasteiger partial charge in [-0.3, -0.25) is 0 Å². The number of hydrogen-bond acceptors (Lipinski definition) is 3. The maximum absolute atomic E-state index is 6.92. The zero-order chi connectivity index (χ0) is 20.9. The van der Waals surface area contributed by atoms with Crippen LogP contribution in [0.5, 0.6) is 0 Å². The monoisotopic (exact) mass is 415 g/mol. The lowest BCUT2D eigenvalue weighted by Gasteiger charge is -2.61. The lowest BCUT2D eigenvalue weighted by molar-refractivity contribution is -0.273. The fraction of sp³-hybridized carbons (Fsp3) is 1.00. The number of ether oxygens (including phenoxy) is 2. The van der Waals surface area contributed by atoms with Gasteiger partial charge >= 0.3 is 0 Å². The van der Waals surface area contributed by atoms with E-state index in [4.69, 9.17) is 15.2 Å². The van der Waals surface area contributed by atoms with Crippen molar-refractivity contribution in [2.45, 2.75) is 110 Å². The molecule has 0 amide bonds. The van der Waals surface area contributed by atoms with Crippen LogP contribution in [-0.4, -0.2) is 24.5 Å². The molecule has 0 unspecified atom stereocenters. The Kier molecular flexibility index (Phi) is 4.58. The minimum absolute atomic E-state index is 0.268. The minimum atomic E-state index is -0.268. The molecule has 2 saturated heterocycles. The Balaban J connectivity index is 1.26. The number of rotatable bonds is 0. The summed E-state index contributed by atoms with van der Waals surface area (Å²) in [6.07, 6.45) is 13.7. The van der Waals surface area contributed by atoms with Crippen LogP contribution in [0.4, 0.5) is 0 Å². The van der Waals surface area contributed by atoms with Gasteiger partial charge < -0.3 is 15.2 Å². The lowest BCUT2D eigenvalue weighted by Crippen LogP contribution is -2.55. The van der Waals surface area contributed by atoms with Crippen molar-refractivity contribution in [1.29, 1.82) is 0 Å². The summed E-state index contributed by atoms with van der Waals surface area (Å²) in [5, 5.41) is 0. The van der Waals surface area contributed by atoms with Crippen molar-refractivity contribution in [3.05, 3.63) is 0 Å². The molecule has 6 aliphatic rings. The van der Waals surface area contributed by atoms with E-state index >= 15 is 0 Å². The first-order valence-electron chi connectivity index (χ1n) is 13.3. The Hall–Kier alpha value is -0.120. The van der Waals surface area contributed by atoms with Gasteiger partial charge in [-0.15, -0.1) is 0 Å². The molecule has 2 heterocycles. The molecule has 3 heteroatoms. The number of nitrogens with two attached hydrogens (primary N) is 1. The van der Waals surface area contributed by atoms with Crippen molar-refractivity contribution in [2.75, 3.05) is 6.61 Å². The van der Waals surface area contributed by atoms with E-state index in [1.165, 1.54) is 57.8 Å². The summed E-state index contributed by atoms with van der Waals surface area (Å²) in [6, 6.07) is 0.461. The van der Waals surface area contributed by atoms with Gasteiger partial charge in [0.2, 0.25) is 0 Å². The van der Waals surface area contributed by atoms with Gasteiger partial charge in [0.1, 0.15) is 0 Å². The van der Waals surface area contributed by atoms with E-state index in [0.717, 1.165) is 36.7 Å². The fourth-order valence-corrected chi connectivity index (χ4v) is 10.3. The van der Waals surface area contributed by atoms with E-state index in [0.29, 0.717) is 40.7 Å². The molecule has 2 N–H and O–H groups in total. The molecule has 12 atom stereocenters. The van der Waals surface area contributed by atoms with Crippen LogP contribution in [0.25, 0.3) is 0 Å². The molecule has 0 aromatic carbocycles. The second-order valence-corrected chi connectivity index (χ2v) is 13.2. The predicted octanol–water partition coefficient (Wildman–Crippen LogP) is 5.76. The van der Waals surface area contributed by atoms with Crippen LogP contribution in [0.1, 0.15) is 91.9 Å². The topological polar surface area (TPSA) is 44.5 Å². The molecule has 6 fully saturated rings. The van der Waals surface area contributed by atoms with Crippen molar-refractivity contribution < 1.29 is 9.47 Å². The van der Waals surface area contributed by atoms with Gasteiger partial charge in [0, 0.05) is 18.4 Å². The highest BCUT2D eigenvalue weighted by Gasteiger charge is 2.69. The average Bonchev–Trinajstić information content (AvgIpc) is 3.16. The fourth-order valence-electron chi connectivity index (χ4n) is 10.3. The van der Waals surface area contributed by atoms with Gasteiger partial charge in [-0.25, -0.2) is 0 Å². The van der Waals surface area contributed by atoms with E-state index in [-0.39, 0.29) is 5.79 Å². The lowest BCUT2D eigenvalue weighted by atomic mass is 9.44. The second kappa shape index (κ2) is 6.70. The number of hydrogen-bond donors (Lipinski definition) is 1. The standard InChI is InChI=1S/C27H45NO2/c1-16-7-12-27(29-15-16)17(2)24-23(30-27)14-22-20-6-5-18-13-19(28)8-10-25(18,3)21(20)9-11-26(22,24)4/h16-24H,5-15,28H2,1-4H3/t16-,17-,18+,19+,20+,21-,22-,23-,24-,25-,26-,27+/m0/s1. The highest BCUT2D eigenvalue weighted by molar-refractivity contribution is 5.15. The van der Waals surface area contributed by atoms with Crippen LogP contribution in [-0.2, 0) is 9.47 Å². The van der Waals surface area contributed by atoms with Crippen LogP contribution >= 0.6 is 0 Å². The van der Waals surface area contributed by atoms with E-state index in [9.17, 15) is 0 Å². The van der Waals surface area contributed by atoms with Crippen LogP contribution in [0.3, 0.4) is 0 Å². The summed E-state index contributed by atoms with van der Waals surface area (Å²) in [5.41, 5.74) is 7.40. The van der Waals surface area contributed by atoms with E-state index < -0.39 is 0 Å². The summed E-state index contributed by atoms with van der Waals surface area (Å²) >= 11 is 0. The molecule has 4 saturated carbocycles. The first kappa shape index (κ1) is 20.5. The third kappa shape index (κ3) is 2.61. The maximum atomic E-state index is 6.92. The first-order valence-corrected chi connectivity index (χ1v) is 13.3. The first-order chi connectivity index (χ1) is 14.3. The predicted molar refractivity (Wildman–Crippen MR) is 120 cm³/mol. The molecule has 170 valence electrons. The molecule has 6 rings (SSSR count). The molecule has 0 aromatic rings. The van der Waals surface area contributed by atoms with Gasteiger partial charge in [0.05, 0.1) is 12.7 Å². The third-order valence-corrected chi connectivity index (χ3v) is 12.0. The summed E-state index contributed by atoms with van der Waals surface area (Å²) in [6.45, 7) is 11.0. The van der Waals surface area contributed by atoms with Gasteiger partial charge in [-0.2, -0.15) is 0 Å². The molecule has 30 heavy (non-hydrogen) atoms. The van der Waals surface area contributed by atoms with Crippen LogP contribution in [0, 0.1) is 52.3 Å².